The maximum absolute atomic E-state index is 6.76. The van der Waals surface area contributed by atoms with E-state index in [1.165, 1.54) is 66.3 Å². The van der Waals surface area contributed by atoms with Gasteiger partial charge in [-0.2, -0.15) is 0 Å². The van der Waals surface area contributed by atoms with E-state index >= 15 is 0 Å². The highest BCUT2D eigenvalue weighted by Gasteiger charge is 2.44. The zero-order valence-corrected chi connectivity index (χ0v) is 23.4. The SMILES string of the molecule is CCCCCCCCC(CCCOCC1CO1)C(OCC)(OCC)c1cccc2c1Cc1ccccc1-2. The molecule has 4 heteroatoms. The Morgan fingerprint density at radius 1 is 0.838 bits per heavy atom. The van der Waals surface area contributed by atoms with Crippen molar-refractivity contribution in [3.63, 3.8) is 0 Å². The van der Waals surface area contributed by atoms with Crippen LogP contribution in [0.3, 0.4) is 0 Å². The molecule has 37 heavy (non-hydrogen) atoms. The lowest BCUT2D eigenvalue weighted by molar-refractivity contribution is -0.277. The first-order valence-corrected chi connectivity index (χ1v) is 14.9. The van der Waals surface area contributed by atoms with Gasteiger partial charge in [0.05, 0.1) is 13.2 Å². The first-order valence-electron chi connectivity index (χ1n) is 14.9. The molecule has 0 amide bonds. The molecule has 0 spiro atoms. The Bertz CT molecular complexity index is 945. The molecule has 0 radical (unpaired) electrons. The van der Waals surface area contributed by atoms with E-state index in [1.807, 2.05) is 0 Å². The molecule has 1 fully saturated rings. The van der Waals surface area contributed by atoms with Crippen LogP contribution in [0, 0.1) is 5.92 Å². The van der Waals surface area contributed by atoms with Crippen molar-refractivity contribution in [1.82, 2.24) is 0 Å². The van der Waals surface area contributed by atoms with Crippen LogP contribution in [0.15, 0.2) is 42.5 Å². The highest BCUT2D eigenvalue weighted by atomic mass is 16.7. The Kier molecular flexibility index (Phi) is 11.0. The second-order valence-electron chi connectivity index (χ2n) is 10.6. The third-order valence-electron chi connectivity index (χ3n) is 7.93. The highest BCUT2D eigenvalue weighted by Crippen LogP contribution is 2.47. The van der Waals surface area contributed by atoms with Gasteiger partial charge in [0.15, 0.2) is 5.79 Å². The van der Waals surface area contributed by atoms with E-state index < -0.39 is 5.79 Å². The van der Waals surface area contributed by atoms with Gasteiger partial charge < -0.3 is 18.9 Å². The fourth-order valence-corrected chi connectivity index (χ4v) is 6.07. The number of epoxide rings is 1. The van der Waals surface area contributed by atoms with Gasteiger partial charge in [-0.05, 0) is 61.8 Å². The molecule has 204 valence electrons. The van der Waals surface area contributed by atoms with Crippen molar-refractivity contribution < 1.29 is 18.9 Å². The molecule has 0 bridgehead atoms. The van der Waals surface area contributed by atoms with E-state index in [-0.39, 0.29) is 5.92 Å². The van der Waals surface area contributed by atoms with Crippen LogP contribution in [0.1, 0.15) is 95.2 Å². The molecule has 1 heterocycles. The molecule has 2 aliphatic rings. The maximum atomic E-state index is 6.76. The molecule has 1 aliphatic carbocycles. The summed E-state index contributed by atoms with van der Waals surface area (Å²) < 4.78 is 24.8. The van der Waals surface area contributed by atoms with Crippen LogP contribution in [-0.2, 0) is 31.2 Å². The van der Waals surface area contributed by atoms with Gasteiger partial charge >= 0.3 is 0 Å². The molecule has 2 atom stereocenters. The Hall–Kier alpha value is -1.72. The monoisotopic (exact) mass is 508 g/mol. The molecule has 0 N–H and O–H groups in total. The molecule has 1 aliphatic heterocycles. The third kappa shape index (κ3) is 7.23. The summed E-state index contributed by atoms with van der Waals surface area (Å²) in [6, 6.07) is 15.5. The van der Waals surface area contributed by atoms with Crippen molar-refractivity contribution in [1.29, 1.82) is 0 Å². The largest absolute Gasteiger partial charge is 0.379 e. The predicted octanol–water partition coefficient (Wildman–Crippen LogP) is 8.05. The quantitative estimate of drug-likeness (QED) is 0.0933. The van der Waals surface area contributed by atoms with Gasteiger partial charge in [-0.15, -0.1) is 0 Å². The normalized spacial score (nSPS) is 17.0. The molecule has 2 aromatic rings. The summed E-state index contributed by atoms with van der Waals surface area (Å²) in [5.41, 5.74) is 6.69. The Balaban J connectivity index is 1.59. The molecule has 0 saturated carbocycles. The van der Waals surface area contributed by atoms with E-state index in [0.717, 1.165) is 38.9 Å². The summed E-state index contributed by atoms with van der Waals surface area (Å²) in [5.74, 6) is -0.463. The lowest BCUT2D eigenvalue weighted by Crippen LogP contribution is -2.42. The minimum absolute atomic E-state index is 0.273. The van der Waals surface area contributed by atoms with Gasteiger partial charge in [-0.25, -0.2) is 0 Å². The van der Waals surface area contributed by atoms with Crippen LogP contribution < -0.4 is 0 Å². The molecule has 1 saturated heterocycles. The summed E-state index contributed by atoms with van der Waals surface area (Å²) >= 11 is 0. The fourth-order valence-electron chi connectivity index (χ4n) is 6.07. The molecule has 2 unspecified atom stereocenters. The first kappa shape index (κ1) is 28.3. The van der Waals surface area contributed by atoms with Crippen LogP contribution in [-0.4, -0.2) is 39.1 Å². The maximum Gasteiger partial charge on any atom is 0.197 e. The average Bonchev–Trinajstić information content (AvgIpc) is 3.66. The van der Waals surface area contributed by atoms with E-state index in [4.69, 9.17) is 18.9 Å². The Morgan fingerprint density at radius 2 is 1.54 bits per heavy atom. The summed E-state index contributed by atoms with van der Waals surface area (Å²) in [5, 5.41) is 0. The second kappa shape index (κ2) is 14.4. The number of fused-ring (bicyclic) bond motifs is 3. The summed E-state index contributed by atoms with van der Waals surface area (Å²) in [4.78, 5) is 0. The summed E-state index contributed by atoms with van der Waals surface area (Å²) in [6.07, 6.45) is 12.2. The van der Waals surface area contributed by atoms with Gasteiger partial charge in [0, 0.05) is 31.3 Å². The van der Waals surface area contributed by atoms with Crippen LogP contribution >= 0.6 is 0 Å². The Morgan fingerprint density at radius 3 is 2.30 bits per heavy atom. The summed E-state index contributed by atoms with van der Waals surface area (Å²) in [7, 11) is 0. The molecule has 4 nitrogen and oxygen atoms in total. The van der Waals surface area contributed by atoms with Crippen LogP contribution in [0.2, 0.25) is 0 Å². The minimum Gasteiger partial charge on any atom is -0.379 e. The fraction of sp³-hybridized carbons (Fsp3) is 0.636. The smallest absolute Gasteiger partial charge is 0.197 e. The predicted molar refractivity (Wildman–Crippen MR) is 151 cm³/mol. The number of hydrogen-bond acceptors (Lipinski definition) is 4. The average molecular weight is 509 g/mol. The minimum atomic E-state index is -0.736. The molecular weight excluding hydrogens is 460 g/mol. The lowest BCUT2D eigenvalue weighted by Gasteiger charge is -2.42. The highest BCUT2D eigenvalue weighted by molar-refractivity contribution is 5.78. The second-order valence-corrected chi connectivity index (χ2v) is 10.6. The standard InChI is InChI=1S/C33H48O4/c1-4-7-8-9-10-11-17-27(18-15-22-34-24-28-25-35-28)33(36-5-2,37-6-3)32-21-14-20-30-29-19-13-12-16-26(29)23-31(30)32/h12-14,16,19-21,27-28H,4-11,15,17-18,22-25H2,1-3H3. The van der Waals surface area contributed by atoms with Crippen LogP contribution in [0.25, 0.3) is 11.1 Å². The lowest BCUT2D eigenvalue weighted by atomic mass is 9.81. The summed E-state index contributed by atoms with van der Waals surface area (Å²) in [6.45, 7) is 10.1. The van der Waals surface area contributed by atoms with Crippen molar-refractivity contribution in [2.75, 3.05) is 33.0 Å². The number of benzene rings is 2. The van der Waals surface area contributed by atoms with Gasteiger partial charge in [0.1, 0.15) is 6.10 Å². The first-order chi connectivity index (χ1) is 18.2. The van der Waals surface area contributed by atoms with Crippen molar-refractivity contribution in [2.45, 2.75) is 96.9 Å². The van der Waals surface area contributed by atoms with E-state index in [1.54, 1.807) is 0 Å². The van der Waals surface area contributed by atoms with Gasteiger partial charge in [-0.1, -0.05) is 87.9 Å². The number of ether oxygens (including phenoxy) is 4. The Labute approximate surface area is 225 Å². The van der Waals surface area contributed by atoms with Gasteiger partial charge in [0.25, 0.3) is 0 Å². The molecule has 2 aromatic carbocycles. The van der Waals surface area contributed by atoms with E-state index in [9.17, 15) is 0 Å². The van der Waals surface area contributed by atoms with Gasteiger partial charge in [-0.3, -0.25) is 0 Å². The van der Waals surface area contributed by atoms with Crippen molar-refractivity contribution in [2.24, 2.45) is 5.92 Å². The van der Waals surface area contributed by atoms with Crippen molar-refractivity contribution >= 4 is 0 Å². The topological polar surface area (TPSA) is 40.2 Å². The van der Waals surface area contributed by atoms with Crippen molar-refractivity contribution in [3.8, 4) is 11.1 Å². The van der Waals surface area contributed by atoms with E-state index in [2.05, 4.69) is 63.2 Å². The molecule has 0 aromatic heterocycles. The number of hydrogen-bond donors (Lipinski definition) is 0. The van der Waals surface area contributed by atoms with Crippen LogP contribution in [0.5, 0.6) is 0 Å². The number of unbranched alkanes of at least 4 members (excludes halogenated alkanes) is 5. The number of rotatable bonds is 19. The van der Waals surface area contributed by atoms with Gasteiger partial charge in [0.2, 0.25) is 0 Å². The molecular formula is C33H48O4. The van der Waals surface area contributed by atoms with Crippen LogP contribution in [0.4, 0.5) is 0 Å². The van der Waals surface area contributed by atoms with E-state index in [0.29, 0.717) is 25.9 Å². The zero-order valence-electron chi connectivity index (χ0n) is 23.4. The third-order valence-corrected chi connectivity index (χ3v) is 7.93. The zero-order chi connectivity index (χ0) is 25.9. The van der Waals surface area contributed by atoms with Crippen molar-refractivity contribution in [3.05, 3.63) is 59.2 Å². The molecule has 4 rings (SSSR count).